The van der Waals surface area contributed by atoms with Gasteiger partial charge in [0, 0.05) is 12.2 Å². The van der Waals surface area contributed by atoms with E-state index in [0.717, 1.165) is 37.9 Å². The molecule has 0 saturated heterocycles. The van der Waals surface area contributed by atoms with Crippen LogP contribution in [-0.2, 0) is 10.0 Å². The summed E-state index contributed by atoms with van der Waals surface area (Å²) in [5.41, 5.74) is 1.30. The number of carboxylic acids is 1. The molecule has 0 atom stereocenters. The van der Waals surface area contributed by atoms with Gasteiger partial charge in [0.2, 0.25) is 10.0 Å². The number of sulfonamides is 1. The highest BCUT2D eigenvalue weighted by atomic mass is 32.2. The summed E-state index contributed by atoms with van der Waals surface area (Å²) >= 11 is 0. The number of carboxylic acid groups (broad SMARTS) is 1. The fourth-order valence-corrected chi connectivity index (χ4v) is 4.39. The zero-order valence-electron chi connectivity index (χ0n) is 19.2. The molecule has 0 aliphatic heterocycles. The molecule has 31 heavy (non-hydrogen) atoms. The second-order valence-electron chi connectivity index (χ2n) is 8.28. The number of hydrogen-bond acceptors (Lipinski definition) is 4. The summed E-state index contributed by atoms with van der Waals surface area (Å²) in [7, 11) is -1.55. The van der Waals surface area contributed by atoms with Gasteiger partial charge in [-0.05, 0) is 44.2 Å². The maximum atomic E-state index is 11.3. The Morgan fingerprint density at radius 2 is 1.16 bits per heavy atom. The summed E-state index contributed by atoms with van der Waals surface area (Å²) in [6, 6.07) is 6.90. The van der Waals surface area contributed by atoms with E-state index in [0.29, 0.717) is 5.56 Å². The molecular formula is C24H42N2O4S. The first-order chi connectivity index (χ1) is 14.9. The Morgan fingerprint density at radius 3 is 1.58 bits per heavy atom. The van der Waals surface area contributed by atoms with Crippen LogP contribution in [-0.4, -0.2) is 38.8 Å². The van der Waals surface area contributed by atoms with Crippen LogP contribution in [0.4, 0.5) is 5.69 Å². The van der Waals surface area contributed by atoms with Crippen LogP contribution in [0.5, 0.6) is 0 Å². The van der Waals surface area contributed by atoms with E-state index in [1.165, 1.54) is 71.3 Å². The van der Waals surface area contributed by atoms with E-state index in [9.17, 15) is 13.2 Å². The summed E-state index contributed by atoms with van der Waals surface area (Å²) in [4.78, 5) is 10.8. The van der Waals surface area contributed by atoms with Crippen molar-refractivity contribution in [3.05, 3.63) is 29.8 Å². The van der Waals surface area contributed by atoms with Crippen molar-refractivity contribution in [2.45, 2.75) is 89.9 Å². The van der Waals surface area contributed by atoms with Gasteiger partial charge in [-0.1, -0.05) is 77.0 Å². The van der Waals surface area contributed by atoms with Gasteiger partial charge in [0.15, 0.2) is 0 Å². The van der Waals surface area contributed by atoms with Crippen LogP contribution in [0, 0.1) is 0 Å². The smallest absolute Gasteiger partial charge is 0.335 e. The normalized spacial score (nSPS) is 11.5. The predicted octanol–water partition coefficient (Wildman–Crippen LogP) is 5.81. The summed E-state index contributed by atoms with van der Waals surface area (Å²) in [6.45, 7) is 0.928. The molecule has 0 fully saturated rings. The molecule has 0 spiro atoms. The molecule has 7 heteroatoms. The molecule has 1 aromatic rings. The van der Waals surface area contributed by atoms with E-state index >= 15 is 0 Å². The first-order valence-corrected chi connectivity index (χ1v) is 13.6. The van der Waals surface area contributed by atoms with Gasteiger partial charge in [0.05, 0.1) is 11.3 Å². The third-order valence-electron chi connectivity index (χ3n) is 5.61. The molecule has 3 N–H and O–H groups in total. The Bertz CT molecular complexity index is 690. The van der Waals surface area contributed by atoms with Gasteiger partial charge in [-0.3, -0.25) is 0 Å². The van der Waals surface area contributed by atoms with E-state index in [2.05, 4.69) is 10.0 Å². The van der Waals surface area contributed by atoms with Gasteiger partial charge in [0.25, 0.3) is 0 Å². The van der Waals surface area contributed by atoms with Crippen molar-refractivity contribution in [1.82, 2.24) is 4.72 Å². The average molecular weight is 455 g/mol. The minimum Gasteiger partial charge on any atom is -0.478 e. The van der Waals surface area contributed by atoms with E-state index in [1.807, 2.05) is 12.1 Å². The molecule has 178 valence electrons. The van der Waals surface area contributed by atoms with Crippen molar-refractivity contribution < 1.29 is 18.3 Å². The van der Waals surface area contributed by atoms with E-state index < -0.39 is 16.0 Å². The molecule has 0 aliphatic carbocycles. The van der Waals surface area contributed by atoms with E-state index in [4.69, 9.17) is 5.11 Å². The van der Waals surface area contributed by atoms with Crippen LogP contribution in [0.1, 0.15) is 100 Å². The molecule has 0 heterocycles. The van der Waals surface area contributed by atoms with Crippen LogP contribution >= 0.6 is 0 Å². The lowest BCUT2D eigenvalue weighted by molar-refractivity contribution is 0.0697. The fraction of sp³-hybridized carbons (Fsp3) is 0.708. The minimum absolute atomic E-state index is 0.252. The molecule has 0 bridgehead atoms. The molecule has 0 radical (unpaired) electrons. The van der Waals surface area contributed by atoms with Crippen molar-refractivity contribution in [3.63, 3.8) is 0 Å². The summed E-state index contributed by atoms with van der Waals surface area (Å²) in [5, 5.41) is 12.2. The summed E-state index contributed by atoms with van der Waals surface area (Å²) < 4.78 is 25.0. The predicted molar refractivity (Wildman–Crippen MR) is 129 cm³/mol. The molecule has 1 rings (SSSR count). The number of unbranched alkanes of at least 4 members (excludes halogenated alkanes) is 13. The Kier molecular flexibility index (Phi) is 15.1. The number of hydrogen-bond donors (Lipinski definition) is 3. The lowest BCUT2D eigenvalue weighted by atomic mass is 10.0. The van der Waals surface area contributed by atoms with Gasteiger partial charge in [-0.25, -0.2) is 17.9 Å². The number of nitrogens with one attached hydrogen (secondary N) is 2. The fourth-order valence-electron chi connectivity index (χ4n) is 3.60. The zero-order valence-corrected chi connectivity index (χ0v) is 20.0. The average Bonchev–Trinajstić information content (AvgIpc) is 2.76. The molecule has 0 unspecified atom stereocenters. The standard InChI is InChI=1S/C24H42N2O4S/c1-25-31(29,30)21-15-13-11-9-7-5-3-2-4-6-8-10-12-14-20-26-23-18-16-22(17-19-23)24(27)28/h16-19,25-26H,2-15,20-21H2,1H3,(H,27,28). The number of benzene rings is 1. The van der Waals surface area contributed by atoms with Crippen LogP contribution in [0.25, 0.3) is 0 Å². The van der Waals surface area contributed by atoms with Crippen LogP contribution in [0.3, 0.4) is 0 Å². The van der Waals surface area contributed by atoms with E-state index in [-0.39, 0.29) is 5.75 Å². The van der Waals surface area contributed by atoms with Crippen molar-refractivity contribution >= 4 is 21.7 Å². The number of rotatable bonds is 20. The number of carbonyl (C=O) groups is 1. The first kappa shape index (κ1) is 27.4. The monoisotopic (exact) mass is 454 g/mol. The highest BCUT2D eigenvalue weighted by Gasteiger charge is 2.05. The van der Waals surface area contributed by atoms with Gasteiger partial charge in [0.1, 0.15) is 0 Å². The van der Waals surface area contributed by atoms with Crippen LogP contribution in [0.2, 0.25) is 0 Å². The maximum absolute atomic E-state index is 11.3. The number of aromatic carboxylic acids is 1. The van der Waals surface area contributed by atoms with Gasteiger partial charge >= 0.3 is 5.97 Å². The summed E-state index contributed by atoms with van der Waals surface area (Å²) in [5.74, 6) is -0.637. The van der Waals surface area contributed by atoms with Crippen LogP contribution < -0.4 is 10.0 Å². The highest BCUT2D eigenvalue weighted by Crippen LogP contribution is 2.14. The summed E-state index contributed by atoms with van der Waals surface area (Å²) in [6.07, 6.45) is 17.0. The number of anilines is 1. The lowest BCUT2D eigenvalue weighted by Crippen LogP contribution is -2.21. The van der Waals surface area contributed by atoms with Crippen molar-refractivity contribution in [2.24, 2.45) is 0 Å². The first-order valence-electron chi connectivity index (χ1n) is 11.9. The maximum Gasteiger partial charge on any atom is 0.335 e. The second kappa shape index (κ2) is 17.0. The lowest BCUT2D eigenvalue weighted by Gasteiger charge is -2.07. The van der Waals surface area contributed by atoms with E-state index in [1.54, 1.807) is 12.1 Å². The second-order valence-corrected chi connectivity index (χ2v) is 10.3. The quantitative estimate of drug-likeness (QED) is 0.216. The van der Waals surface area contributed by atoms with Gasteiger partial charge in [-0.15, -0.1) is 0 Å². The largest absolute Gasteiger partial charge is 0.478 e. The molecule has 0 aliphatic rings. The Labute approximate surface area is 189 Å². The van der Waals surface area contributed by atoms with Gasteiger partial charge in [-0.2, -0.15) is 0 Å². The zero-order chi connectivity index (χ0) is 22.8. The molecule has 1 aromatic carbocycles. The SMILES string of the molecule is CNS(=O)(=O)CCCCCCCCCCCCCCCCNc1ccc(C(=O)O)cc1. The van der Waals surface area contributed by atoms with Crippen LogP contribution in [0.15, 0.2) is 24.3 Å². The third kappa shape index (κ3) is 14.9. The molecule has 0 aromatic heterocycles. The molecule has 6 nitrogen and oxygen atoms in total. The molecule has 0 amide bonds. The van der Waals surface area contributed by atoms with Gasteiger partial charge < -0.3 is 10.4 Å². The topological polar surface area (TPSA) is 95.5 Å². The van der Waals surface area contributed by atoms with Crippen molar-refractivity contribution in [1.29, 1.82) is 0 Å². The van der Waals surface area contributed by atoms with Crippen molar-refractivity contribution in [3.8, 4) is 0 Å². The Morgan fingerprint density at radius 1 is 0.742 bits per heavy atom. The molecular weight excluding hydrogens is 412 g/mol. The Hall–Kier alpha value is -1.60. The molecule has 0 saturated carbocycles. The Balaban J connectivity index is 1.80. The highest BCUT2D eigenvalue weighted by molar-refractivity contribution is 7.89. The minimum atomic E-state index is -3.02. The van der Waals surface area contributed by atoms with Crippen molar-refractivity contribution in [2.75, 3.05) is 24.7 Å². The third-order valence-corrected chi connectivity index (χ3v) is 7.06.